The maximum absolute atomic E-state index is 5.58. The van der Waals surface area contributed by atoms with E-state index in [-0.39, 0.29) is 0 Å². The van der Waals surface area contributed by atoms with Gasteiger partial charge in [-0.25, -0.2) is 9.97 Å². The number of ether oxygens (including phenoxy) is 1. The van der Waals surface area contributed by atoms with Crippen LogP contribution in [0.5, 0.6) is 5.75 Å². The van der Waals surface area contributed by atoms with Gasteiger partial charge in [0.25, 0.3) is 0 Å². The lowest BCUT2D eigenvalue weighted by molar-refractivity contribution is 0.414. The third-order valence-electron chi connectivity index (χ3n) is 2.73. The van der Waals surface area contributed by atoms with Crippen LogP contribution in [0.25, 0.3) is 11.2 Å². The van der Waals surface area contributed by atoms with Crippen LogP contribution in [0.1, 0.15) is 11.5 Å². The smallest absolute Gasteiger partial charge is 0.246 e. The van der Waals surface area contributed by atoms with E-state index >= 15 is 0 Å². The summed E-state index contributed by atoms with van der Waals surface area (Å²) < 4.78 is 10.7. The van der Waals surface area contributed by atoms with Crippen molar-refractivity contribution in [1.82, 2.24) is 9.97 Å². The van der Waals surface area contributed by atoms with E-state index in [9.17, 15) is 0 Å². The highest BCUT2D eigenvalue weighted by atomic mass is 16.5. The molecule has 0 saturated heterocycles. The predicted molar refractivity (Wildman–Crippen MR) is 67.6 cm³/mol. The molecule has 0 fully saturated rings. The van der Waals surface area contributed by atoms with Crippen LogP contribution in [0, 0.1) is 0 Å². The molecule has 0 bridgehead atoms. The Labute approximate surface area is 104 Å². The third-order valence-corrected chi connectivity index (χ3v) is 2.73. The van der Waals surface area contributed by atoms with Crippen molar-refractivity contribution in [2.45, 2.75) is 6.42 Å². The molecule has 1 aromatic carbocycles. The van der Waals surface area contributed by atoms with Gasteiger partial charge >= 0.3 is 0 Å². The normalized spacial score (nSPS) is 10.7. The Morgan fingerprint density at radius 3 is 2.72 bits per heavy atom. The van der Waals surface area contributed by atoms with Crippen LogP contribution in [-0.2, 0) is 6.42 Å². The number of fused-ring (bicyclic) bond motifs is 1. The summed E-state index contributed by atoms with van der Waals surface area (Å²) in [5.74, 6) is 1.52. The number of benzene rings is 1. The molecule has 2 heterocycles. The topological polar surface area (TPSA) is 48.2 Å². The van der Waals surface area contributed by atoms with Gasteiger partial charge < -0.3 is 9.15 Å². The number of methoxy groups -OCH3 is 1. The molecule has 0 amide bonds. The van der Waals surface area contributed by atoms with Gasteiger partial charge in [0, 0.05) is 12.6 Å². The number of nitrogens with zero attached hydrogens (tertiary/aromatic N) is 2. The molecule has 0 saturated carbocycles. The molecule has 90 valence electrons. The Bertz CT molecular complexity index is 626. The van der Waals surface area contributed by atoms with Crippen LogP contribution in [0.4, 0.5) is 0 Å². The second-order valence-electron chi connectivity index (χ2n) is 3.96. The van der Waals surface area contributed by atoms with Gasteiger partial charge in [0.1, 0.15) is 11.3 Å². The lowest BCUT2D eigenvalue weighted by atomic mass is 10.1. The standard InChI is InChI=1S/C14H12N2O2/c1-17-11-6-4-10(5-7-11)9-13-16-12-3-2-8-15-14(12)18-13/h2-8H,9H2,1H3. The minimum absolute atomic E-state index is 0.584. The molecule has 0 spiro atoms. The summed E-state index contributed by atoms with van der Waals surface area (Å²) in [5, 5.41) is 0. The second kappa shape index (κ2) is 4.49. The van der Waals surface area contributed by atoms with E-state index in [0.717, 1.165) is 16.8 Å². The molecule has 4 nitrogen and oxygen atoms in total. The highest BCUT2D eigenvalue weighted by Crippen LogP contribution is 2.17. The number of pyridine rings is 1. The summed E-state index contributed by atoms with van der Waals surface area (Å²) >= 11 is 0. The average Bonchev–Trinajstić information content (AvgIpc) is 2.82. The maximum Gasteiger partial charge on any atom is 0.246 e. The molecule has 0 aliphatic rings. The van der Waals surface area contributed by atoms with Crippen LogP contribution in [-0.4, -0.2) is 17.1 Å². The highest BCUT2D eigenvalue weighted by molar-refractivity contribution is 5.67. The lowest BCUT2D eigenvalue weighted by Gasteiger charge is -2.00. The number of oxazole rings is 1. The van der Waals surface area contributed by atoms with Gasteiger partial charge in [0.2, 0.25) is 11.6 Å². The zero-order chi connectivity index (χ0) is 12.4. The van der Waals surface area contributed by atoms with Gasteiger partial charge in [-0.2, -0.15) is 0 Å². The fourth-order valence-corrected chi connectivity index (χ4v) is 1.81. The zero-order valence-corrected chi connectivity index (χ0v) is 9.96. The molecule has 0 aliphatic heterocycles. The lowest BCUT2D eigenvalue weighted by Crippen LogP contribution is -1.88. The Morgan fingerprint density at radius 2 is 2.00 bits per heavy atom. The number of hydrogen-bond acceptors (Lipinski definition) is 4. The van der Waals surface area contributed by atoms with Crippen molar-refractivity contribution in [3.8, 4) is 5.75 Å². The Balaban J connectivity index is 1.86. The summed E-state index contributed by atoms with van der Waals surface area (Å²) in [5.41, 5.74) is 2.50. The summed E-state index contributed by atoms with van der Waals surface area (Å²) in [6.45, 7) is 0. The SMILES string of the molecule is COc1ccc(Cc2nc3cccnc3o2)cc1. The van der Waals surface area contributed by atoms with Gasteiger partial charge in [-0.05, 0) is 29.8 Å². The fraction of sp³-hybridized carbons (Fsp3) is 0.143. The third kappa shape index (κ3) is 2.05. The minimum atomic E-state index is 0.584. The first-order valence-electron chi connectivity index (χ1n) is 5.68. The largest absolute Gasteiger partial charge is 0.497 e. The van der Waals surface area contributed by atoms with E-state index in [0.29, 0.717) is 18.0 Å². The summed E-state index contributed by atoms with van der Waals surface area (Å²) in [6.07, 6.45) is 2.35. The summed E-state index contributed by atoms with van der Waals surface area (Å²) in [7, 11) is 1.65. The molecule has 0 N–H and O–H groups in total. The Hall–Kier alpha value is -2.36. The zero-order valence-electron chi connectivity index (χ0n) is 9.96. The average molecular weight is 240 g/mol. The van der Waals surface area contributed by atoms with E-state index in [1.807, 2.05) is 36.4 Å². The van der Waals surface area contributed by atoms with Gasteiger partial charge in [-0.15, -0.1) is 0 Å². The molecular formula is C14H12N2O2. The molecule has 0 unspecified atom stereocenters. The number of rotatable bonds is 3. The molecular weight excluding hydrogens is 228 g/mol. The molecule has 2 aromatic heterocycles. The minimum Gasteiger partial charge on any atom is -0.497 e. The van der Waals surface area contributed by atoms with E-state index in [4.69, 9.17) is 9.15 Å². The van der Waals surface area contributed by atoms with Crippen molar-refractivity contribution in [3.05, 3.63) is 54.0 Å². The number of hydrogen-bond donors (Lipinski definition) is 0. The van der Waals surface area contributed by atoms with Crippen molar-refractivity contribution in [3.63, 3.8) is 0 Å². The van der Waals surface area contributed by atoms with Crippen LogP contribution in [0.3, 0.4) is 0 Å². The molecule has 18 heavy (non-hydrogen) atoms. The second-order valence-corrected chi connectivity index (χ2v) is 3.96. The molecule has 0 aliphatic carbocycles. The molecule has 3 aromatic rings. The van der Waals surface area contributed by atoms with Gasteiger partial charge in [0.05, 0.1) is 7.11 Å². The first kappa shape index (κ1) is 10.8. The molecule has 3 rings (SSSR count). The van der Waals surface area contributed by atoms with Crippen molar-refractivity contribution >= 4 is 11.2 Å². The van der Waals surface area contributed by atoms with Crippen molar-refractivity contribution < 1.29 is 9.15 Å². The van der Waals surface area contributed by atoms with Gasteiger partial charge in [0.15, 0.2) is 0 Å². The van der Waals surface area contributed by atoms with Gasteiger partial charge in [-0.3, -0.25) is 0 Å². The quantitative estimate of drug-likeness (QED) is 0.706. The Morgan fingerprint density at radius 1 is 1.17 bits per heavy atom. The Kier molecular flexibility index (Phi) is 2.68. The van der Waals surface area contributed by atoms with E-state index in [1.165, 1.54) is 0 Å². The van der Waals surface area contributed by atoms with E-state index < -0.39 is 0 Å². The van der Waals surface area contributed by atoms with Crippen molar-refractivity contribution in [1.29, 1.82) is 0 Å². The van der Waals surface area contributed by atoms with Crippen LogP contribution in [0.2, 0.25) is 0 Å². The number of aromatic nitrogens is 2. The fourth-order valence-electron chi connectivity index (χ4n) is 1.81. The van der Waals surface area contributed by atoms with Crippen LogP contribution >= 0.6 is 0 Å². The maximum atomic E-state index is 5.58. The summed E-state index contributed by atoms with van der Waals surface area (Å²) in [4.78, 5) is 8.51. The molecule has 0 radical (unpaired) electrons. The monoisotopic (exact) mass is 240 g/mol. The van der Waals surface area contributed by atoms with Gasteiger partial charge in [-0.1, -0.05) is 12.1 Å². The van der Waals surface area contributed by atoms with Crippen LogP contribution < -0.4 is 4.74 Å². The summed E-state index contributed by atoms with van der Waals surface area (Å²) in [6, 6.07) is 11.6. The predicted octanol–water partition coefficient (Wildman–Crippen LogP) is 2.82. The van der Waals surface area contributed by atoms with Crippen molar-refractivity contribution in [2.24, 2.45) is 0 Å². The first-order valence-corrected chi connectivity index (χ1v) is 5.68. The van der Waals surface area contributed by atoms with Crippen molar-refractivity contribution in [2.75, 3.05) is 7.11 Å². The first-order chi connectivity index (χ1) is 8.85. The molecule has 4 heteroatoms. The van der Waals surface area contributed by atoms with Crippen LogP contribution in [0.15, 0.2) is 47.0 Å². The highest BCUT2D eigenvalue weighted by Gasteiger charge is 2.06. The van der Waals surface area contributed by atoms with E-state index in [1.54, 1.807) is 13.3 Å². The molecule has 0 atom stereocenters. The van der Waals surface area contributed by atoms with E-state index in [2.05, 4.69) is 9.97 Å².